The lowest BCUT2D eigenvalue weighted by atomic mass is 9.85. The minimum atomic E-state index is 0.934. The van der Waals surface area contributed by atoms with Gasteiger partial charge in [0.1, 0.15) is 0 Å². The van der Waals surface area contributed by atoms with Gasteiger partial charge in [0.25, 0.3) is 0 Å². The van der Waals surface area contributed by atoms with Crippen molar-refractivity contribution in [1.82, 2.24) is 15.0 Å². The standard InChI is InChI=1S/C81H51N3/c1-2-16-52(17-3-1)53-30-32-54(33-31-53)57-42-45-82-79(51-57)56-36-34-55(35-37-56)63-18-4-7-21-66(63)60-46-61(67-22-8-5-19-64(67)58-38-40-75-77(49-58)71-26-12-10-24-69(71)73-28-14-43-83-80(73)75)48-62(47-60)68-23-9-6-20-65(68)59-39-41-76-78(50-59)72-27-13-11-25-70(72)74-29-15-44-84-81(74)76/h1-51H. The first kappa shape index (κ1) is 48.7. The molecule has 0 aliphatic heterocycles. The van der Waals surface area contributed by atoms with Crippen LogP contribution in [-0.2, 0) is 0 Å². The molecular formula is C81H51N3. The quantitative estimate of drug-likeness (QED) is 0.135. The van der Waals surface area contributed by atoms with Gasteiger partial charge in [0.15, 0.2) is 0 Å². The molecule has 0 radical (unpaired) electrons. The molecule has 0 bridgehead atoms. The lowest BCUT2D eigenvalue weighted by Gasteiger charge is -2.18. The fourth-order valence-electron chi connectivity index (χ4n) is 13.0. The van der Waals surface area contributed by atoms with Gasteiger partial charge in [0.05, 0.1) is 16.7 Å². The third kappa shape index (κ3) is 8.49. The molecule has 3 heterocycles. The molecule has 390 valence electrons. The van der Waals surface area contributed by atoms with Crippen molar-refractivity contribution in [1.29, 1.82) is 0 Å². The van der Waals surface area contributed by atoms with E-state index in [1.165, 1.54) is 54.2 Å². The van der Waals surface area contributed by atoms with Crippen molar-refractivity contribution >= 4 is 64.9 Å². The molecule has 0 aliphatic rings. The van der Waals surface area contributed by atoms with E-state index in [2.05, 4.69) is 279 Å². The van der Waals surface area contributed by atoms with Gasteiger partial charge in [-0.15, -0.1) is 0 Å². The Morgan fingerprint density at radius 3 is 0.964 bits per heavy atom. The third-order valence-corrected chi connectivity index (χ3v) is 17.0. The number of hydrogen-bond donors (Lipinski definition) is 0. The second-order valence-electron chi connectivity index (χ2n) is 21.8. The molecule has 84 heavy (non-hydrogen) atoms. The molecule has 0 aliphatic carbocycles. The van der Waals surface area contributed by atoms with E-state index in [0.717, 1.165) is 111 Å². The van der Waals surface area contributed by atoms with Gasteiger partial charge in [-0.1, -0.05) is 237 Å². The molecule has 0 N–H and O–H groups in total. The van der Waals surface area contributed by atoms with Crippen LogP contribution in [-0.4, -0.2) is 15.0 Å². The third-order valence-electron chi connectivity index (χ3n) is 17.0. The van der Waals surface area contributed by atoms with Crippen LogP contribution >= 0.6 is 0 Å². The highest BCUT2D eigenvalue weighted by Crippen LogP contribution is 2.45. The monoisotopic (exact) mass is 1070 g/mol. The van der Waals surface area contributed by atoms with E-state index < -0.39 is 0 Å². The largest absolute Gasteiger partial charge is 0.256 e. The Labute approximate surface area is 487 Å². The lowest BCUT2D eigenvalue weighted by molar-refractivity contribution is 1.33. The summed E-state index contributed by atoms with van der Waals surface area (Å²) >= 11 is 0. The maximum Gasteiger partial charge on any atom is 0.0786 e. The topological polar surface area (TPSA) is 38.7 Å². The van der Waals surface area contributed by atoms with Crippen molar-refractivity contribution in [2.75, 3.05) is 0 Å². The predicted molar refractivity (Wildman–Crippen MR) is 354 cm³/mol. The summed E-state index contributed by atoms with van der Waals surface area (Å²) in [7, 11) is 0. The van der Waals surface area contributed by atoms with Crippen LogP contribution in [0, 0.1) is 0 Å². The van der Waals surface area contributed by atoms with E-state index in [9.17, 15) is 0 Å². The second kappa shape index (κ2) is 20.4. The molecule has 16 rings (SSSR count). The predicted octanol–water partition coefficient (Wildman–Crippen LogP) is 21.8. The van der Waals surface area contributed by atoms with Crippen LogP contribution in [0.4, 0.5) is 0 Å². The van der Waals surface area contributed by atoms with Crippen molar-refractivity contribution in [2.24, 2.45) is 0 Å². The smallest absolute Gasteiger partial charge is 0.0786 e. The zero-order valence-corrected chi connectivity index (χ0v) is 45.8. The van der Waals surface area contributed by atoms with Gasteiger partial charge in [-0.2, -0.15) is 0 Å². The summed E-state index contributed by atoms with van der Waals surface area (Å²) in [4.78, 5) is 14.8. The molecule has 0 fully saturated rings. The zero-order chi connectivity index (χ0) is 55.5. The molecule has 0 atom stereocenters. The molecule has 0 saturated carbocycles. The maximum atomic E-state index is 4.94. The van der Waals surface area contributed by atoms with Crippen LogP contribution in [0.25, 0.3) is 165 Å². The number of benzene rings is 13. The van der Waals surface area contributed by atoms with E-state index in [-0.39, 0.29) is 0 Å². The van der Waals surface area contributed by atoms with Crippen LogP contribution < -0.4 is 0 Å². The Kier molecular flexibility index (Phi) is 11.9. The number of rotatable bonds is 9. The Morgan fingerprint density at radius 1 is 0.155 bits per heavy atom. The SMILES string of the molecule is c1ccc(-c2ccc(-c3ccnc(-c4ccc(-c5ccccc5-c5cc(-c6ccccc6-c6ccc7c(c6)c6ccccc6c6cccnc67)cc(-c6ccccc6-c6ccc7c(c6)c6ccccc6c6cccnc67)c5)cc4)c3)cc2)cc1. The van der Waals surface area contributed by atoms with E-state index in [4.69, 9.17) is 15.0 Å². The van der Waals surface area contributed by atoms with Crippen molar-refractivity contribution in [3.05, 3.63) is 310 Å². The van der Waals surface area contributed by atoms with Crippen molar-refractivity contribution in [2.45, 2.75) is 0 Å². The van der Waals surface area contributed by atoms with Crippen LogP contribution in [0.1, 0.15) is 0 Å². The summed E-state index contributed by atoms with van der Waals surface area (Å²) in [6.07, 6.45) is 5.73. The van der Waals surface area contributed by atoms with Gasteiger partial charge in [-0.05, 0) is 176 Å². The first-order valence-electron chi connectivity index (χ1n) is 28.7. The van der Waals surface area contributed by atoms with Crippen molar-refractivity contribution in [3.8, 4) is 100 Å². The maximum absolute atomic E-state index is 4.94. The number of aromatic nitrogens is 3. The van der Waals surface area contributed by atoms with Crippen molar-refractivity contribution in [3.63, 3.8) is 0 Å². The fraction of sp³-hybridized carbons (Fsp3) is 0. The molecule has 16 aromatic rings. The van der Waals surface area contributed by atoms with Crippen molar-refractivity contribution < 1.29 is 0 Å². The second-order valence-corrected chi connectivity index (χ2v) is 21.8. The molecule has 3 aromatic heterocycles. The van der Waals surface area contributed by atoms with E-state index in [1.54, 1.807) is 0 Å². The Bertz CT molecular complexity index is 4950. The Morgan fingerprint density at radius 2 is 0.488 bits per heavy atom. The molecule has 13 aromatic carbocycles. The van der Waals surface area contributed by atoms with Gasteiger partial charge < -0.3 is 0 Å². The van der Waals surface area contributed by atoms with Crippen LogP contribution in [0.15, 0.2) is 310 Å². The number of hydrogen-bond acceptors (Lipinski definition) is 3. The van der Waals surface area contributed by atoms with Crippen LogP contribution in [0.2, 0.25) is 0 Å². The van der Waals surface area contributed by atoms with E-state index in [0.29, 0.717) is 0 Å². The van der Waals surface area contributed by atoms with Crippen LogP contribution in [0.5, 0.6) is 0 Å². The summed E-state index contributed by atoms with van der Waals surface area (Å²) in [6, 6.07) is 106. The summed E-state index contributed by atoms with van der Waals surface area (Å²) in [5, 5.41) is 11.9. The fourth-order valence-corrected chi connectivity index (χ4v) is 13.0. The number of pyridine rings is 3. The van der Waals surface area contributed by atoms with E-state index >= 15 is 0 Å². The normalized spacial score (nSPS) is 11.6. The summed E-state index contributed by atoms with van der Waals surface area (Å²) in [5.74, 6) is 0. The van der Waals surface area contributed by atoms with Gasteiger partial charge in [-0.3, -0.25) is 15.0 Å². The highest BCUT2D eigenvalue weighted by molar-refractivity contribution is 6.26. The van der Waals surface area contributed by atoms with Crippen LogP contribution in [0.3, 0.4) is 0 Å². The summed E-state index contributed by atoms with van der Waals surface area (Å²) in [5.41, 5.74) is 22.5. The van der Waals surface area contributed by atoms with Gasteiger partial charge in [0, 0.05) is 45.7 Å². The van der Waals surface area contributed by atoms with Gasteiger partial charge in [-0.25, -0.2) is 0 Å². The molecule has 0 spiro atoms. The van der Waals surface area contributed by atoms with E-state index in [1.807, 2.05) is 30.7 Å². The number of fused-ring (bicyclic) bond motifs is 12. The summed E-state index contributed by atoms with van der Waals surface area (Å²) < 4.78 is 0. The first-order chi connectivity index (χ1) is 41.6. The first-order valence-corrected chi connectivity index (χ1v) is 28.7. The Hall–Kier alpha value is -11.1. The summed E-state index contributed by atoms with van der Waals surface area (Å²) in [6.45, 7) is 0. The highest BCUT2D eigenvalue weighted by Gasteiger charge is 2.19. The lowest BCUT2D eigenvalue weighted by Crippen LogP contribution is -1.93. The van der Waals surface area contributed by atoms with Gasteiger partial charge >= 0.3 is 0 Å². The molecule has 0 amide bonds. The number of nitrogens with zero attached hydrogens (tertiary/aromatic N) is 3. The average Bonchev–Trinajstić information content (AvgIpc) is 3.05. The average molecular weight is 1070 g/mol. The Balaban J connectivity index is 0.839. The molecule has 0 unspecified atom stereocenters. The molecule has 3 heteroatoms. The minimum absolute atomic E-state index is 0.934. The molecule has 0 saturated heterocycles. The minimum Gasteiger partial charge on any atom is -0.256 e. The highest BCUT2D eigenvalue weighted by atomic mass is 14.7. The van der Waals surface area contributed by atoms with Gasteiger partial charge in [0.2, 0.25) is 0 Å². The zero-order valence-electron chi connectivity index (χ0n) is 45.8. The molecular weight excluding hydrogens is 1010 g/mol. The molecule has 3 nitrogen and oxygen atoms in total.